The van der Waals surface area contributed by atoms with E-state index in [-0.39, 0.29) is 25.4 Å². The Hall–Kier alpha value is -4.57. The fraction of sp³-hybridized carbons (Fsp3) is 0.303. The van der Waals surface area contributed by atoms with Crippen LogP contribution in [0.5, 0.6) is 0 Å². The van der Waals surface area contributed by atoms with Crippen molar-refractivity contribution >= 4 is 17.9 Å². The minimum atomic E-state index is -1.02. The van der Waals surface area contributed by atoms with Crippen LogP contribution in [-0.4, -0.2) is 41.0 Å². The van der Waals surface area contributed by atoms with Crippen LogP contribution in [0.2, 0.25) is 0 Å². The topological polar surface area (TPSA) is 87.7 Å². The van der Waals surface area contributed by atoms with Crippen LogP contribution in [0, 0.1) is 12.3 Å². The molecule has 0 heterocycles. The predicted molar refractivity (Wildman–Crippen MR) is 156 cm³/mol. The van der Waals surface area contributed by atoms with Gasteiger partial charge in [0.1, 0.15) is 17.7 Å². The first-order valence-corrected chi connectivity index (χ1v) is 13.3. The Kier molecular flexibility index (Phi) is 10.5. The average molecular weight is 540 g/mol. The molecule has 7 heteroatoms. The minimum Gasteiger partial charge on any atom is -0.444 e. The number of benzene rings is 3. The van der Waals surface area contributed by atoms with Crippen LogP contribution in [0.3, 0.4) is 0 Å². The number of hydrogen-bond donors (Lipinski definition) is 2. The van der Waals surface area contributed by atoms with Gasteiger partial charge in [-0.25, -0.2) is 4.79 Å². The molecule has 0 saturated carbocycles. The van der Waals surface area contributed by atoms with E-state index < -0.39 is 29.7 Å². The highest BCUT2D eigenvalue weighted by molar-refractivity contribution is 5.92. The lowest BCUT2D eigenvalue weighted by Gasteiger charge is -2.34. The first-order valence-electron chi connectivity index (χ1n) is 13.3. The summed E-state index contributed by atoms with van der Waals surface area (Å²) in [5.41, 5.74) is 2.06. The number of alkyl carbamates (subject to hydrolysis) is 1. The van der Waals surface area contributed by atoms with Crippen LogP contribution < -0.4 is 10.6 Å². The molecule has 0 bridgehead atoms. The summed E-state index contributed by atoms with van der Waals surface area (Å²) in [6.45, 7) is 7.53. The molecule has 3 rings (SSSR count). The smallest absolute Gasteiger partial charge is 0.408 e. The standard InChI is InChI=1S/C33H37N3O4/c1-6-26-20-14-15-21-27(26)29(30(37)34-23-25-18-12-9-13-19-25)36(7-2)31(38)28(22-24-16-10-8-11-17-24)35-32(39)40-33(3,4)5/h1,8-21,28-29H,7,22-23H2,2-5H3,(H,34,37)(H,35,39). The number of amides is 3. The second-order valence-electron chi connectivity index (χ2n) is 10.4. The molecule has 3 amide bonds. The minimum absolute atomic E-state index is 0.197. The third-order valence-electron chi connectivity index (χ3n) is 6.18. The summed E-state index contributed by atoms with van der Waals surface area (Å²) in [5, 5.41) is 5.71. The van der Waals surface area contributed by atoms with Gasteiger partial charge in [-0.3, -0.25) is 9.59 Å². The van der Waals surface area contributed by atoms with Crippen LogP contribution in [0.1, 0.15) is 56.0 Å². The van der Waals surface area contributed by atoms with Crippen molar-refractivity contribution in [3.63, 3.8) is 0 Å². The Balaban J connectivity index is 1.99. The molecule has 0 aliphatic heterocycles. The van der Waals surface area contributed by atoms with Gasteiger partial charge >= 0.3 is 6.09 Å². The monoisotopic (exact) mass is 539 g/mol. The maximum atomic E-state index is 14.2. The summed E-state index contributed by atoms with van der Waals surface area (Å²) in [4.78, 5) is 42.3. The number of ether oxygens (including phenoxy) is 1. The highest BCUT2D eigenvalue weighted by Crippen LogP contribution is 2.26. The summed E-state index contributed by atoms with van der Waals surface area (Å²) in [6, 6.07) is 23.9. The zero-order valence-corrected chi connectivity index (χ0v) is 23.5. The molecule has 0 radical (unpaired) electrons. The second-order valence-corrected chi connectivity index (χ2v) is 10.4. The number of carbonyl (C=O) groups excluding carboxylic acids is 3. The molecule has 3 aromatic carbocycles. The van der Waals surface area contributed by atoms with Crippen LogP contribution in [0.25, 0.3) is 0 Å². The van der Waals surface area contributed by atoms with E-state index in [0.29, 0.717) is 11.1 Å². The van der Waals surface area contributed by atoms with Crippen LogP contribution >= 0.6 is 0 Å². The third kappa shape index (κ3) is 8.47. The van der Waals surface area contributed by atoms with Gasteiger partial charge in [0.25, 0.3) is 0 Å². The van der Waals surface area contributed by atoms with E-state index in [0.717, 1.165) is 11.1 Å². The molecule has 0 aromatic heterocycles. The molecule has 0 aliphatic carbocycles. The highest BCUT2D eigenvalue weighted by Gasteiger charge is 2.36. The molecule has 3 aromatic rings. The SMILES string of the molecule is C#Cc1ccccc1C(C(=O)NCc1ccccc1)N(CC)C(=O)C(Cc1ccccc1)NC(=O)OC(C)(C)C. The maximum absolute atomic E-state index is 14.2. The van der Waals surface area contributed by atoms with E-state index in [1.807, 2.05) is 60.7 Å². The van der Waals surface area contributed by atoms with Gasteiger partial charge in [0, 0.05) is 25.1 Å². The van der Waals surface area contributed by atoms with Gasteiger partial charge in [-0.2, -0.15) is 0 Å². The summed E-state index contributed by atoms with van der Waals surface area (Å²) in [7, 11) is 0. The van der Waals surface area contributed by atoms with Crippen LogP contribution in [0.4, 0.5) is 4.79 Å². The number of terminal acetylenes is 1. The van der Waals surface area contributed by atoms with Crippen molar-refractivity contribution < 1.29 is 19.1 Å². The number of nitrogens with zero attached hydrogens (tertiary/aromatic N) is 1. The van der Waals surface area contributed by atoms with Gasteiger partial charge in [-0.1, -0.05) is 84.8 Å². The lowest BCUT2D eigenvalue weighted by atomic mass is 9.96. The summed E-state index contributed by atoms with van der Waals surface area (Å²) in [6.07, 6.45) is 5.30. The Morgan fingerprint density at radius 1 is 0.900 bits per heavy atom. The maximum Gasteiger partial charge on any atom is 0.408 e. The molecule has 0 saturated heterocycles. The van der Waals surface area contributed by atoms with Gasteiger partial charge in [0.15, 0.2) is 0 Å². The molecule has 0 fully saturated rings. The number of rotatable bonds is 10. The number of carbonyl (C=O) groups is 3. The number of hydrogen-bond acceptors (Lipinski definition) is 4. The predicted octanol–water partition coefficient (Wildman–Crippen LogP) is 5.01. The van der Waals surface area contributed by atoms with Crippen molar-refractivity contribution in [2.75, 3.05) is 6.54 Å². The Labute approximate surface area is 236 Å². The van der Waals surface area contributed by atoms with E-state index in [4.69, 9.17) is 11.2 Å². The summed E-state index contributed by atoms with van der Waals surface area (Å²) < 4.78 is 5.46. The van der Waals surface area contributed by atoms with Crippen molar-refractivity contribution in [3.05, 3.63) is 107 Å². The third-order valence-corrected chi connectivity index (χ3v) is 6.18. The molecule has 208 valence electrons. The first-order chi connectivity index (χ1) is 19.1. The lowest BCUT2D eigenvalue weighted by Crippen LogP contribution is -2.53. The molecule has 0 spiro atoms. The molecular formula is C33H37N3O4. The fourth-order valence-electron chi connectivity index (χ4n) is 4.36. The molecule has 40 heavy (non-hydrogen) atoms. The van der Waals surface area contributed by atoms with Gasteiger partial charge in [-0.15, -0.1) is 6.42 Å². The van der Waals surface area contributed by atoms with E-state index >= 15 is 0 Å². The van der Waals surface area contributed by atoms with Crippen molar-refractivity contribution in [2.24, 2.45) is 0 Å². The van der Waals surface area contributed by atoms with Crippen LogP contribution in [0.15, 0.2) is 84.9 Å². The number of likely N-dealkylation sites (N-methyl/N-ethyl adjacent to an activating group) is 1. The normalized spacial score (nSPS) is 12.4. The zero-order chi connectivity index (χ0) is 29.1. The average Bonchev–Trinajstić information content (AvgIpc) is 2.94. The van der Waals surface area contributed by atoms with Crippen LogP contribution in [-0.2, 0) is 27.3 Å². The Morgan fingerprint density at radius 3 is 2.05 bits per heavy atom. The quantitative estimate of drug-likeness (QED) is 0.355. The summed E-state index contributed by atoms with van der Waals surface area (Å²) >= 11 is 0. The molecule has 2 unspecified atom stereocenters. The Morgan fingerprint density at radius 2 is 1.48 bits per heavy atom. The summed E-state index contributed by atoms with van der Waals surface area (Å²) in [5.74, 6) is 1.84. The van der Waals surface area contributed by atoms with Gasteiger partial charge < -0.3 is 20.3 Å². The first kappa shape index (κ1) is 30.0. The van der Waals surface area contributed by atoms with Gasteiger partial charge in [-0.05, 0) is 50.5 Å². The van der Waals surface area contributed by atoms with Crippen molar-refractivity contribution in [1.82, 2.24) is 15.5 Å². The van der Waals surface area contributed by atoms with E-state index in [1.165, 1.54) is 4.90 Å². The molecule has 0 aliphatic rings. The number of nitrogens with one attached hydrogen (secondary N) is 2. The van der Waals surface area contributed by atoms with Crippen molar-refractivity contribution in [3.8, 4) is 12.3 Å². The fourth-order valence-corrected chi connectivity index (χ4v) is 4.36. The van der Waals surface area contributed by atoms with E-state index in [9.17, 15) is 14.4 Å². The highest BCUT2D eigenvalue weighted by atomic mass is 16.6. The second kappa shape index (κ2) is 14.0. The van der Waals surface area contributed by atoms with Crippen molar-refractivity contribution in [2.45, 2.75) is 58.3 Å². The molecule has 2 atom stereocenters. The molecular weight excluding hydrogens is 502 g/mol. The zero-order valence-electron chi connectivity index (χ0n) is 23.5. The largest absolute Gasteiger partial charge is 0.444 e. The van der Waals surface area contributed by atoms with Crippen molar-refractivity contribution in [1.29, 1.82) is 0 Å². The Bertz CT molecular complexity index is 1330. The molecule has 7 nitrogen and oxygen atoms in total. The van der Waals surface area contributed by atoms with E-state index in [1.54, 1.807) is 52.0 Å². The molecule has 2 N–H and O–H groups in total. The van der Waals surface area contributed by atoms with Gasteiger partial charge in [0.2, 0.25) is 11.8 Å². The van der Waals surface area contributed by atoms with E-state index in [2.05, 4.69) is 16.6 Å². The van der Waals surface area contributed by atoms with Gasteiger partial charge in [0.05, 0.1) is 0 Å². The lowest BCUT2D eigenvalue weighted by molar-refractivity contribution is -0.142.